The van der Waals surface area contributed by atoms with Crippen LogP contribution in [-0.2, 0) is 4.79 Å². The molecule has 1 rings (SSSR count). The molecule has 0 radical (unpaired) electrons. The highest BCUT2D eigenvalue weighted by atomic mass is 16.4. The minimum absolute atomic E-state index is 0.0341. The van der Waals surface area contributed by atoms with Crippen molar-refractivity contribution in [1.82, 2.24) is 0 Å². The average Bonchev–Trinajstić information content (AvgIpc) is 2.43. The normalized spacial score (nSPS) is 11.4. The van der Waals surface area contributed by atoms with Crippen LogP contribution in [0.15, 0.2) is 29.4 Å². The maximum Gasteiger partial charge on any atom is 0.224 e. The standard InChI is InChI=1S/C15H22N2O2/c1-3-4-5-6-10-15(18)16-14-9-7-8-13(11-14)12(2)17-19/h7-9,11,19H,3-6,10H2,1-2H3,(H,16,18)/b17-12+. The molecule has 2 N–H and O–H groups in total. The number of rotatable bonds is 7. The predicted octanol–water partition coefficient (Wildman–Crippen LogP) is 3.79. The molecule has 104 valence electrons. The van der Waals surface area contributed by atoms with E-state index in [0.717, 1.165) is 24.1 Å². The van der Waals surface area contributed by atoms with Gasteiger partial charge in [0.2, 0.25) is 5.91 Å². The van der Waals surface area contributed by atoms with Crippen molar-refractivity contribution in [2.75, 3.05) is 5.32 Å². The molecule has 0 spiro atoms. The van der Waals surface area contributed by atoms with Gasteiger partial charge in [0, 0.05) is 17.7 Å². The smallest absolute Gasteiger partial charge is 0.224 e. The molecule has 0 heterocycles. The third-order valence-corrected chi connectivity index (χ3v) is 2.97. The summed E-state index contributed by atoms with van der Waals surface area (Å²) < 4.78 is 0. The van der Waals surface area contributed by atoms with E-state index in [1.807, 2.05) is 18.2 Å². The molecule has 0 fully saturated rings. The van der Waals surface area contributed by atoms with Crippen LogP contribution in [0, 0.1) is 0 Å². The fourth-order valence-corrected chi connectivity index (χ4v) is 1.82. The quantitative estimate of drug-likeness (QED) is 0.340. The molecule has 4 nitrogen and oxygen atoms in total. The first-order valence-corrected chi connectivity index (χ1v) is 6.76. The summed E-state index contributed by atoms with van der Waals surface area (Å²) in [5.74, 6) is 0.0341. The van der Waals surface area contributed by atoms with Crippen LogP contribution in [-0.4, -0.2) is 16.8 Å². The van der Waals surface area contributed by atoms with Crippen LogP contribution in [0.4, 0.5) is 5.69 Å². The topological polar surface area (TPSA) is 61.7 Å². The lowest BCUT2D eigenvalue weighted by molar-refractivity contribution is -0.116. The first-order chi connectivity index (χ1) is 9.17. The molecule has 4 heteroatoms. The van der Waals surface area contributed by atoms with E-state index in [0.29, 0.717) is 12.1 Å². The highest BCUT2D eigenvalue weighted by Crippen LogP contribution is 2.12. The van der Waals surface area contributed by atoms with Crippen LogP contribution in [0.3, 0.4) is 0 Å². The zero-order valence-corrected chi connectivity index (χ0v) is 11.6. The summed E-state index contributed by atoms with van der Waals surface area (Å²) in [6.45, 7) is 3.86. The van der Waals surface area contributed by atoms with E-state index in [4.69, 9.17) is 5.21 Å². The fraction of sp³-hybridized carbons (Fsp3) is 0.467. The Balaban J connectivity index is 2.50. The third kappa shape index (κ3) is 5.55. The van der Waals surface area contributed by atoms with Crippen LogP contribution >= 0.6 is 0 Å². The van der Waals surface area contributed by atoms with Crippen LogP contribution in [0.25, 0.3) is 0 Å². The largest absolute Gasteiger partial charge is 0.411 e. The summed E-state index contributed by atoms with van der Waals surface area (Å²) in [5.41, 5.74) is 2.06. The van der Waals surface area contributed by atoms with Crippen molar-refractivity contribution in [3.63, 3.8) is 0 Å². The molecule has 0 unspecified atom stereocenters. The Morgan fingerprint density at radius 2 is 2.11 bits per heavy atom. The van der Waals surface area contributed by atoms with E-state index in [9.17, 15) is 4.79 Å². The van der Waals surface area contributed by atoms with Gasteiger partial charge in [0.05, 0.1) is 5.71 Å². The summed E-state index contributed by atoms with van der Waals surface area (Å²) >= 11 is 0. The summed E-state index contributed by atoms with van der Waals surface area (Å²) in [7, 11) is 0. The van der Waals surface area contributed by atoms with Crippen LogP contribution in [0.5, 0.6) is 0 Å². The van der Waals surface area contributed by atoms with Crippen molar-refractivity contribution in [3.8, 4) is 0 Å². The van der Waals surface area contributed by atoms with Gasteiger partial charge in [-0.25, -0.2) is 0 Å². The Labute approximate surface area is 114 Å². The number of nitrogens with zero attached hydrogens (tertiary/aromatic N) is 1. The SMILES string of the molecule is CCCCCCC(=O)Nc1cccc(/C(C)=N/O)c1. The van der Waals surface area contributed by atoms with E-state index in [1.54, 1.807) is 13.0 Å². The Hall–Kier alpha value is -1.84. The molecule has 1 amide bonds. The number of oxime groups is 1. The van der Waals surface area contributed by atoms with Gasteiger partial charge in [-0.2, -0.15) is 0 Å². The molecule has 0 aromatic heterocycles. The molecule has 0 saturated heterocycles. The minimum atomic E-state index is 0.0341. The van der Waals surface area contributed by atoms with Crippen molar-refractivity contribution >= 4 is 17.3 Å². The molecule has 1 aromatic carbocycles. The third-order valence-electron chi connectivity index (χ3n) is 2.97. The molecule has 19 heavy (non-hydrogen) atoms. The van der Waals surface area contributed by atoms with Gasteiger partial charge in [-0.3, -0.25) is 4.79 Å². The van der Waals surface area contributed by atoms with Crippen LogP contribution in [0.2, 0.25) is 0 Å². The Bertz CT molecular complexity index is 442. The van der Waals surface area contributed by atoms with Gasteiger partial charge in [0.15, 0.2) is 0 Å². The van der Waals surface area contributed by atoms with Crippen molar-refractivity contribution in [2.45, 2.75) is 46.0 Å². The Morgan fingerprint density at radius 1 is 1.32 bits per heavy atom. The highest BCUT2D eigenvalue weighted by Gasteiger charge is 2.04. The number of hydrogen-bond donors (Lipinski definition) is 2. The van der Waals surface area contributed by atoms with E-state index in [2.05, 4.69) is 17.4 Å². The number of benzene rings is 1. The molecular weight excluding hydrogens is 240 g/mol. The summed E-state index contributed by atoms with van der Waals surface area (Å²) in [5, 5.41) is 14.7. The second kappa shape index (κ2) is 8.29. The van der Waals surface area contributed by atoms with E-state index in [1.165, 1.54) is 12.8 Å². The van der Waals surface area contributed by atoms with Gasteiger partial charge in [-0.1, -0.05) is 43.5 Å². The molecule has 0 bridgehead atoms. The lowest BCUT2D eigenvalue weighted by atomic mass is 10.1. The van der Waals surface area contributed by atoms with Crippen molar-refractivity contribution < 1.29 is 10.0 Å². The Morgan fingerprint density at radius 3 is 2.79 bits per heavy atom. The van der Waals surface area contributed by atoms with E-state index >= 15 is 0 Å². The number of hydrogen-bond acceptors (Lipinski definition) is 3. The van der Waals surface area contributed by atoms with E-state index < -0.39 is 0 Å². The molecule has 0 aliphatic carbocycles. The number of anilines is 1. The monoisotopic (exact) mass is 262 g/mol. The van der Waals surface area contributed by atoms with Gasteiger partial charge in [-0.05, 0) is 25.5 Å². The number of carbonyl (C=O) groups is 1. The molecule has 0 saturated carbocycles. The maximum atomic E-state index is 11.7. The molecule has 0 atom stereocenters. The van der Waals surface area contributed by atoms with Crippen molar-refractivity contribution in [3.05, 3.63) is 29.8 Å². The molecule has 1 aromatic rings. The number of nitrogens with one attached hydrogen (secondary N) is 1. The lowest BCUT2D eigenvalue weighted by Crippen LogP contribution is -2.11. The summed E-state index contributed by atoms with van der Waals surface area (Å²) in [4.78, 5) is 11.7. The highest BCUT2D eigenvalue weighted by molar-refractivity contribution is 6.00. The molecule has 0 aliphatic rings. The minimum Gasteiger partial charge on any atom is -0.411 e. The van der Waals surface area contributed by atoms with Crippen LogP contribution in [0.1, 0.15) is 51.5 Å². The molecular formula is C15H22N2O2. The van der Waals surface area contributed by atoms with E-state index in [-0.39, 0.29) is 5.91 Å². The van der Waals surface area contributed by atoms with Gasteiger partial charge in [0.25, 0.3) is 0 Å². The average molecular weight is 262 g/mol. The zero-order chi connectivity index (χ0) is 14.1. The van der Waals surface area contributed by atoms with Crippen LogP contribution < -0.4 is 5.32 Å². The second-order valence-electron chi connectivity index (χ2n) is 4.63. The fourth-order valence-electron chi connectivity index (χ4n) is 1.82. The second-order valence-corrected chi connectivity index (χ2v) is 4.63. The van der Waals surface area contributed by atoms with Crippen molar-refractivity contribution in [2.24, 2.45) is 5.16 Å². The summed E-state index contributed by atoms with van der Waals surface area (Å²) in [6.07, 6.45) is 4.92. The first-order valence-electron chi connectivity index (χ1n) is 6.76. The zero-order valence-electron chi connectivity index (χ0n) is 11.6. The van der Waals surface area contributed by atoms with Gasteiger partial charge in [-0.15, -0.1) is 0 Å². The maximum absolute atomic E-state index is 11.7. The number of unbranched alkanes of at least 4 members (excludes halogenated alkanes) is 3. The number of amides is 1. The van der Waals surface area contributed by atoms with Gasteiger partial charge in [0.1, 0.15) is 0 Å². The predicted molar refractivity (Wildman–Crippen MR) is 77.8 cm³/mol. The lowest BCUT2D eigenvalue weighted by Gasteiger charge is -2.07. The Kier molecular flexibility index (Phi) is 6.64. The first kappa shape index (κ1) is 15.2. The van der Waals surface area contributed by atoms with Crippen molar-refractivity contribution in [1.29, 1.82) is 0 Å². The van der Waals surface area contributed by atoms with Gasteiger partial charge < -0.3 is 10.5 Å². The van der Waals surface area contributed by atoms with Gasteiger partial charge >= 0.3 is 0 Å². The molecule has 0 aliphatic heterocycles. The summed E-state index contributed by atoms with van der Waals surface area (Å²) in [6, 6.07) is 7.31. The number of carbonyl (C=O) groups excluding carboxylic acids is 1.